The van der Waals surface area contributed by atoms with Gasteiger partial charge in [-0.15, -0.1) is 0 Å². The first-order valence-corrected chi connectivity index (χ1v) is 9.75. The van der Waals surface area contributed by atoms with Gasteiger partial charge in [0.2, 0.25) is 0 Å². The number of ether oxygens (including phenoxy) is 1. The van der Waals surface area contributed by atoms with Crippen LogP contribution in [-0.4, -0.2) is 23.9 Å². The summed E-state index contributed by atoms with van der Waals surface area (Å²) in [6, 6.07) is 17.9. The topological polar surface area (TPSA) is 66.8 Å². The van der Waals surface area contributed by atoms with E-state index in [-0.39, 0.29) is 16.9 Å². The largest absolute Gasteiger partial charge is 0.507 e. The normalized spacial score (nSPS) is 17.8. The first-order valence-electron chi connectivity index (χ1n) is 9.38. The molecule has 0 bridgehead atoms. The molecule has 7 heteroatoms. The molecule has 1 unspecified atom stereocenters. The van der Waals surface area contributed by atoms with Crippen LogP contribution in [0.1, 0.15) is 17.2 Å². The summed E-state index contributed by atoms with van der Waals surface area (Å²) < 4.78 is 19.2. The zero-order chi connectivity index (χ0) is 22.1. The number of carbonyl (C=O) groups excluding carboxylic acids is 2. The second-order valence-corrected chi connectivity index (χ2v) is 7.34. The predicted octanol–water partition coefficient (Wildman–Crippen LogP) is 5.11. The summed E-state index contributed by atoms with van der Waals surface area (Å²) in [7, 11) is 1.36. The summed E-state index contributed by atoms with van der Waals surface area (Å²) in [5.41, 5.74) is 0.854. The van der Waals surface area contributed by atoms with Gasteiger partial charge in [-0.2, -0.15) is 0 Å². The average molecular weight is 438 g/mol. The Morgan fingerprint density at radius 1 is 1.03 bits per heavy atom. The first kappa shape index (κ1) is 20.6. The zero-order valence-electron chi connectivity index (χ0n) is 16.4. The van der Waals surface area contributed by atoms with Gasteiger partial charge in [0.1, 0.15) is 17.3 Å². The van der Waals surface area contributed by atoms with E-state index in [2.05, 4.69) is 0 Å². The fraction of sp³-hybridized carbons (Fsp3) is 0.0833. The number of nitrogens with zero attached hydrogens (tertiary/aromatic N) is 1. The van der Waals surface area contributed by atoms with Crippen molar-refractivity contribution in [2.24, 2.45) is 0 Å². The van der Waals surface area contributed by atoms with Crippen molar-refractivity contribution in [3.63, 3.8) is 0 Å². The number of para-hydroxylation sites is 1. The van der Waals surface area contributed by atoms with Crippen molar-refractivity contribution in [2.45, 2.75) is 6.04 Å². The average Bonchev–Trinajstić information content (AvgIpc) is 3.05. The number of aliphatic hydroxyl groups is 1. The third kappa shape index (κ3) is 3.66. The molecule has 0 radical (unpaired) electrons. The number of aliphatic hydroxyl groups excluding tert-OH is 1. The Kier molecular flexibility index (Phi) is 5.48. The fourth-order valence-corrected chi connectivity index (χ4v) is 3.78. The Morgan fingerprint density at radius 3 is 2.35 bits per heavy atom. The number of halogens is 2. The molecular formula is C24H17ClFNO4. The fourth-order valence-electron chi connectivity index (χ4n) is 3.66. The van der Waals surface area contributed by atoms with Crippen LogP contribution in [0.2, 0.25) is 5.02 Å². The van der Waals surface area contributed by atoms with Crippen molar-refractivity contribution < 1.29 is 23.8 Å². The first-order chi connectivity index (χ1) is 14.9. The molecular weight excluding hydrogens is 421 g/mol. The van der Waals surface area contributed by atoms with Gasteiger partial charge in [0.05, 0.1) is 24.3 Å². The van der Waals surface area contributed by atoms with Gasteiger partial charge in [0.25, 0.3) is 11.7 Å². The lowest BCUT2D eigenvalue weighted by molar-refractivity contribution is -0.132. The Balaban J connectivity index is 1.98. The molecule has 1 atom stereocenters. The van der Waals surface area contributed by atoms with Crippen LogP contribution in [0.3, 0.4) is 0 Å². The maximum Gasteiger partial charge on any atom is 0.300 e. The summed E-state index contributed by atoms with van der Waals surface area (Å²) in [6.45, 7) is 0. The van der Waals surface area contributed by atoms with Crippen molar-refractivity contribution in [2.75, 3.05) is 12.0 Å². The predicted molar refractivity (Wildman–Crippen MR) is 116 cm³/mol. The maximum atomic E-state index is 13.9. The summed E-state index contributed by atoms with van der Waals surface area (Å²) >= 11 is 6.01. The number of anilines is 1. The quantitative estimate of drug-likeness (QED) is 0.350. The van der Waals surface area contributed by atoms with Gasteiger partial charge < -0.3 is 9.84 Å². The summed E-state index contributed by atoms with van der Waals surface area (Å²) in [6.07, 6.45) is 0. The van der Waals surface area contributed by atoms with Crippen molar-refractivity contribution in [1.82, 2.24) is 0 Å². The molecule has 0 aliphatic carbocycles. The molecule has 156 valence electrons. The Hall–Kier alpha value is -3.64. The number of methoxy groups -OCH3 is 1. The van der Waals surface area contributed by atoms with E-state index in [9.17, 15) is 19.1 Å². The van der Waals surface area contributed by atoms with E-state index in [1.807, 2.05) is 0 Å². The Morgan fingerprint density at radius 2 is 1.71 bits per heavy atom. The molecule has 1 N–H and O–H groups in total. The molecule has 1 fully saturated rings. The molecule has 5 nitrogen and oxygen atoms in total. The highest BCUT2D eigenvalue weighted by atomic mass is 35.5. The van der Waals surface area contributed by atoms with Crippen molar-refractivity contribution in [1.29, 1.82) is 0 Å². The third-order valence-corrected chi connectivity index (χ3v) is 5.33. The van der Waals surface area contributed by atoms with Crippen LogP contribution in [0.4, 0.5) is 10.1 Å². The standard InChI is InChI=1S/C24H17ClFNO4/c1-31-19-12-11-16(26)13-18(19)22(28)20-21(14-7-9-15(25)10-8-14)27(24(30)23(20)29)17-5-3-2-4-6-17/h2-13,21,28H,1H3/b22-20+. The van der Waals surface area contributed by atoms with Gasteiger partial charge in [-0.25, -0.2) is 4.39 Å². The van der Waals surface area contributed by atoms with Crippen LogP contribution >= 0.6 is 11.6 Å². The van der Waals surface area contributed by atoms with E-state index < -0.39 is 29.3 Å². The van der Waals surface area contributed by atoms with Crippen molar-refractivity contribution in [3.8, 4) is 5.75 Å². The number of hydrogen-bond acceptors (Lipinski definition) is 4. The molecule has 1 aliphatic heterocycles. The monoisotopic (exact) mass is 437 g/mol. The lowest BCUT2D eigenvalue weighted by Gasteiger charge is -2.25. The second kappa shape index (κ2) is 8.24. The molecule has 0 spiro atoms. The smallest absolute Gasteiger partial charge is 0.300 e. The molecule has 1 aliphatic rings. The van der Waals surface area contributed by atoms with Gasteiger partial charge in [0.15, 0.2) is 0 Å². The summed E-state index contributed by atoms with van der Waals surface area (Å²) in [5.74, 6) is -2.66. The van der Waals surface area contributed by atoms with Gasteiger partial charge in [0, 0.05) is 10.7 Å². The van der Waals surface area contributed by atoms with Crippen molar-refractivity contribution in [3.05, 3.63) is 100 Å². The molecule has 1 amide bonds. The van der Waals surface area contributed by atoms with Gasteiger partial charge >= 0.3 is 0 Å². The molecule has 4 rings (SSSR count). The molecule has 1 saturated heterocycles. The number of hydrogen-bond donors (Lipinski definition) is 1. The van der Waals surface area contributed by atoms with Crippen LogP contribution in [0.5, 0.6) is 5.75 Å². The van der Waals surface area contributed by atoms with Crippen LogP contribution in [0.15, 0.2) is 78.4 Å². The molecule has 3 aromatic carbocycles. The zero-order valence-corrected chi connectivity index (χ0v) is 17.1. The highest BCUT2D eigenvalue weighted by Crippen LogP contribution is 2.43. The summed E-state index contributed by atoms with van der Waals surface area (Å²) in [4.78, 5) is 27.4. The van der Waals surface area contributed by atoms with E-state index in [0.717, 1.165) is 6.07 Å². The van der Waals surface area contributed by atoms with Gasteiger partial charge in [-0.3, -0.25) is 14.5 Å². The highest BCUT2D eigenvalue weighted by molar-refractivity contribution is 6.51. The number of carbonyl (C=O) groups is 2. The van der Waals surface area contributed by atoms with Crippen LogP contribution in [0.25, 0.3) is 5.76 Å². The highest BCUT2D eigenvalue weighted by Gasteiger charge is 2.47. The third-order valence-electron chi connectivity index (χ3n) is 5.08. The molecule has 0 aromatic heterocycles. The van der Waals surface area contributed by atoms with Crippen LogP contribution in [0, 0.1) is 5.82 Å². The Labute approximate surface area is 182 Å². The number of amides is 1. The minimum Gasteiger partial charge on any atom is -0.507 e. The van der Waals surface area contributed by atoms with Crippen LogP contribution < -0.4 is 9.64 Å². The minimum absolute atomic E-state index is 0.0208. The summed E-state index contributed by atoms with van der Waals surface area (Å²) in [5, 5.41) is 11.6. The van der Waals surface area contributed by atoms with Gasteiger partial charge in [-0.1, -0.05) is 41.9 Å². The van der Waals surface area contributed by atoms with Crippen LogP contribution in [-0.2, 0) is 9.59 Å². The number of ketones is 1. The number of Topliss-reactive ketones (excluding diaryl/α,β-unsaturated/α-hetero) is 1. The minimum atomic E-state index is -0.937. The lowest BCUT2D eigenvalue weighted by atomic mass is 9.95. The van der Waals surface area contributed by atoms with Crippen molar-refractivity contribution >= 4 is 34.7 Å². The molecule has 1 heterocycles. The maximum absolute atomic E-state index is 13.9. The number of rotatable bonds is 4. The molecule has 3 aromatic rings. The Bertz CT molecular complexity index is 1190. The SMILES string of the molecule is COc1ccc(F)cc1/C(O)=C1\C(=O)C(=O)N(c2ccccc2)C1c1ccc(Cl)cc1. The molecule has 0 saturated carbocycles. The second-order valence-electron chi connectivity index (χ2n) is 6.90. The van der Waals surface area contributed by atoms with E-state index in [0.29, 0.717) is 16.3 Å². The van der Waals surface area contributed by atoms with E-state index >= 15 is 0 Å². The van der Waals surface area contributed by atoms with E-state index in [1.165, 1.54) is 24.1 Å². The number of benzene rings is 3. The lowest BCUT2D eigenvalue weighted by Crippen LogP contribution is -2.29. The van der Waals surface area contributed by atoms with E-state index in [1.54, 1.807) is 54.6 Å². The van der Waals surface area contributed by atoms with E-state index in [4.69, 9.17) is 16.3 Å². The van der Waals surface area contributed by atoms with Gasteiger partial charge in [-0.05, 0) is 48.0 Å². The molecule has 31 heavy (non-hydrogen) atoms.